The Morgan fingerprint density at radius 2 is 1.68 bits per heavy atom. The Labute approximate surface area is 207 Å². The third-order valence-electron chi connectivity index (χ3n) is 7.72. The van der Waals surface area contributed by atoms with Crippen molar-refractivity contribution < 1.29 is 4.43 Å². The number of benzene rings is 1. The quantitative estimate of drug-likeness (QED) is 0.299. The second-order valence-electron chi connectivity index (χ2n) is 11.1. The minimum absolute atomic E-state index is 0.201. The molecular weight excluding hydrogens is 438 g/mol. The lowest BCUT2D eigenvalue weighted by Crippen LogP contribution is -2.44. The third-order valence-corrected chi connectivity index (χ3v) is 12.3. The molecule has 0 atom stereocenters. The van der Waals surface area contributed by atoms with Crippen molar-refractivity contribution in [3.8, 4) is 12.1 Å². The van der Waals surface area contributed by atoms with Crippen LogP contribution in [0.1, 0.15) is 45.6 Å². The number of allylic oxidation sites excluding steroid dienone is 1. The molecule has 2 fully saturated rings. The maximum atomic E-state index is 9.68. The molecule has 3 rings (SSSR count). The summed E-state index contributed by atoms with van der Waals surface area (Å²) in [5.41, 5.74) is 1.60. The van der Waals surface area contributed by atoms with E-state index in [9.17, 15) is 10.5 Å². The van der Waals surface area contributed by atoms with E-state index < -0.39 is 8.32 Å². The van der Waals surface area contributed by atoms with Gasteiger partial charge in [0.15, 0.2) is 13.9 Å². The van der Waals surface area contributed by atoms with Crippen molar-refractivity contribution >= 4 is 8.32 Å². The van der Waals surface area contributed by atoms with Crippen LogP contribution in [-0.2, 0) is 11.0 Å². The Morgan fingerprint density at radius 1 is 1.03 bits per heavy atom. The van der Waals surface area contributed by atoms with Gasteiger partial charge >= 0.3 is 0 Å². The zero-order chi connectivity index (χ0) is 24.8. The molecule has 0 aliphatic carbocycles. The fourth-order valence-electron chi connectivity index (χ4n) is 4.65. The van der Waals surface area contributed by atoms with Gasteiger partial charge in [-0.3, -0.25) is 4.90 Å². The van der Waals surface area contributed by atoms with Crippen molar-refractivity contribution in [2.75, 3.05) is 39.3 Å². The largest absolute Gasteiger partial charge is 0.417 e. The van der Waals surface area contributed by atoms with E-state index in [2.05, 4.69) is 91.0 Å². The first-order valence-electron chi connectivity index (χ1n) is 12.6. The minimum atomic E-state index is -1.76. The summed E-state index contributed by atoms with van der Waals surface area (Å²) in [5, 5.41) is 19.6. The van der Waals surface area contributed by atoms with Crippen LogP contribution in [-0.4, -0.2) is 68.4 Å². The summed E-state index contributed by atoms with van der Waals surface area (Å²) >= 11 is 0. The van der Waals surface area contributed by atoms with Crippen LogP contribution in [0, 0.1) is 22.7 Å². The Hall–Kier alpha value is -2.32. The van der Waals surface area contributed by atoms with Crippen LogP contribution in [0.2, 0.25) is 18.1 Å². The van der Waals surface area contributed by atoms with Crippen molar-refractivity contribution in [2.24, 2.45) is 0 Å². The van der Waals surface area contributed by atoms with Crippen molar-refractivity contribution in [1.29, 1.82) is 10.5 Å². The Balaban J connectivity index is 1.58. The summed E-state index contributed by atoms with van der Waals surface area (Å²) in [6.07, 6.45) is 3.02. The molecule has 2 aliphatic rings. The van der Waals surface area contributed by atoms with Crippen LogP contribution >= 0.6 is 0 Å². The van der Waals surface area contributed by atoms with Gasteiger partial charge in [-0.15, -0.1) is 0 Å². The predicted octanol–water partition coefficient (Wildman–Crippen LogP) is 4.94. The summed E-state index contributed by atoms with van der Waals surface area (Å²) in [6.45, 7) is 17.7. The van der Waals surface area contributed by atoms with Crippen molar-refractivity contribution in [3.63, 3.8) is 0 Å². The minimum Gasteiger partial charge on any atom is -0.417 e. The first kappa shape index (κ1) is 26.3. The second kappa shape index (κ2) is 11.4. The zero-order valence-electron chi connectivity index (χ0n) is 21.7. The van der Waals surface area contributed by atoms with E-state index >= 15 is 0 Å². The molecule has 1 aromatic rings. The fraction of sp³-hybridized carbons (Fsp3) is 0.630. The van der Waals surface area contributed by atoms with E-state index in [-0.39, 0.29) is 10.6 Å². The van der Waals surface area contributed by atoms with Gasteiger partial charge in [0.05, 0.1) is 0 Å². The highest BCUT2D eigenvalue weighted by atomic mass is 28.4. The standard InChI is InChI=1S/C27H41N5OSi/c1-27(2,3)34(4,5)33-19-9-14-31-17-18-32(26(31)24(20-28)21-29)25-12-15-30(16-13-25)22-23-10-7-6-8-11-23/h6-8,10-11,25H,9,12-19,22H2,1-5H3. The zero-order valence-corrected chi connectivity index (χ0v) is 22.7. The van der Waals surface area contributed by atoms with Gasteiger partial charge in [0.1, 0.15) is 18.0 Å². The van der Waals surface area contributed by atoms with Crippen LogP contribution in [0.5, 0.6) is 0 Å². The van der Waals surface area contributed by atoms with Crippen molar-refractivity contribution in [3.05, 3.63) is 47.3 Å². The van der Waals surface area contributed by atoms with Crippen LogP contribution in [0.3, 0.4) is 0 Å². The summed E-state index contributed by atoms with van der Waals surface area (Å²) in [7, 11) is -1.76. The van der Waals surface area contributed by atoms with E-state index in [0.717, 1.165) is 71.0 Å². The Bertz CT molecular complexity index is 901. The van der Waals surface area contributed by atoms with Crippen LogP contribution < -0.4 is 0 Å². The highest BCUT2D eigenvalue weighted by Crippen LogP contribution is 2.36. The molecule has 184 valence electrons. The van der Waals surface area contributed by atoms with E-state index in [1.807, 2.05) is 0 Å². The van der Waals surface area contributed by atoms with E-state index in [1.54, 1.807) is 0 Å². The molecule has 34 heavy (non-hydrogen) atoms. The molecule has 0 unspecified atom stereocenters. The average molecular weight is 480 g/mol. The predicted molar refractivity (Wildman–Crippen MR) is 139 cm³/mol. The first-order valence-corrected chi connectivity index (χ1v) is 15.5. The highest BCUT2D eigenvalue weighted by Gasteiger charge is 2.37. The van der Waals surface area contributed by atoms with Crippen LogP contribution in [0.25, 0.3) is 0 Å². The normalized spacial score (nSPS) is 18.1. The lowest BCUT2D eigenvalue weighted by Gasteiger charge is -2.38. The number of likely N-dealkylation sites (tertiary alicyclic amines) is 1. The fourth-order valence-corrected chi connectivity index (χ4v) is 5.74. The van der Waals surface area contributed by atoms with Gasteiger partial charge in [-0.25, -0.2) is 0 Å². The molecule has 0 radical (unpaired) electrons. The van der Waals surface area contributed by atoms with Crippen molar-refractivity contribution in [2.45, 2.75) is 70.8 Å². The van der Waals surface area contributed by atoms with E-state index in [0.29, 0.717) is 6.04 Å². The molecule has 1 aromatic carbocycles. The van der Waals surface area contributed by atoms with Gasteiger partial charge in [-0.05, 0) is 43.0 Å². The Morgan fingerprint density at radius 3 is 2.26 bits per heavy atom. The molecule has 7 heteroatoms. The number of piperidine rings is 1. The molecule has 0 N–H and O–H groups in total. The van der Waals surface area contributed by atoms with Gasteiger partial charge in [0, 0.05) is 51.9 Å². The SMILES string of the molecule is CC(C)(C)[Si](C)(C)OCCCN1CCN(C2CCN(Cc3ccccc3)CC2)C1=C(C#N)C#N. The topological polar surface area (TPSA) is 66.5 Å². The molecule has 0 saturated carbocycles. The summed E-state index contributed by atoms with van der Waals surface area (Å²) in [4.78, 5) is 7.10. The average Bonchev–Trinajstić information content (AvgIpc) is 3.22. The lowest BCUT2D eigenvalue weighted by atomic mass is 10.0. The summed E-state index contributed by atoms with van der Waals surface area (Å²) < 4.78 is 6.35. The third kappa shape index (κ3) is 6.42. The highest BCUT2D eigenvalue weighted by molar-refractivity contribution is 6.74. The number of hydrogen-bond donors (Lipinski definition) is 0. The number of rotatable bonds is 8. The van der Waals surface area contributed by atoms with Gasteiger partial charge in [0.2, 0.25) is 0 Å². The number of nitriles is 2. The molecule has 0 bridgehead atoms. The van der Waals surface area contributed by atoms with Gasteiger partial charge < -0.3 is 14.2 Å². The monoisotopic (exact) mass is 479 g/mol. The molecule has 6 nitrogen and oxygen atoms in total. The second-order valence-corrected chi connectivity index (χ2v) is 15.9. The van der Waals surface area contributed by atoms with Gasteiger partial charge in [0.25, 0.3) is 0 Å². The van der Waals surface area contributed by atoms with Crippen LogP contribution in [0.4, 0.5) is 0 Å². The number of hydrogen-bond acceptors (Lipinski definition) is 6. The summed E-state index contributed by atoms with van der Waals surface area (Å²) in [6, 6.07) is 15.3. The maximum Gasteiger partial charge on any atom is 0.191 e. The smallest absolute Gasteiger partial charge is 0.191 e. The molecular formula is C27H41N5OSi. The molecule has 0 amide bonds. The molecule has 2 saturated heterocycles. The molecule has 2 aliphatic heterocycles. The lowest BCUT2D eigenvalue weighted by molar-refractivity contribution is 0.133. The van der Waals surface area contributed by atoms with E-state index in [1.165, 1.54) is 5.56 Å². The Kier molecular flexibility index (Phi) is 8.82. The summed E-state index contributed by atoms with van der Waals surface area (Å²) in [5.74, 6) is 0.846. The van der Waals surface area contributed by atoms with Crippen molar-refractivity contribution in [1.82, 2.24) is 14.7 Å². The molecule has 0 spiro atoms. The van der Waals surface area contributed by atoms with Gasteiger partial charge in [-0.1, -0.05) is 51.1 Å². The van der Waals surface area contributed by atoms with E-state index in [4.69, 9.17) is 4.43 Å². The van der Waals surface area contributed by atoms with Gasteiger partial charge in [-0.2, -0.15) is 10.5 Å². The first-order chi connectivity index (χ1) is 16.2. The van der Waals surface area contributed by atoms with Crippen LogP contribution in [0.15, 0.2) is 41.7 Å². The maximum absolute atomic E-state index is 9.68. The molecule has 2 heterocycles. The molecule has 0 aromatic heterocycles. The number of nitrogens with zero attached hydrogens (tertiary/aromatic N) is 5.